The molecule has 1 aromatic carbocycles. The van der Waals surface area contributed by atoms with Crippen LogP contribution in [0.2, 0.25) is 0 Å². The van der Waals surface area contributed by atoms with Crippen LogP contribution in [0, 0.1) is 12.8 Å². The summed E-state index contributed by atoms with van der Waals surface area (Å²) < 4.78 is 0. The summed E-state index contributed by atoms with van der Waals surface area (Å²) in [6.07, 6.45) is 3.62. The van der Waals surface area contributed by atoms with Gasteiger partial charge in [0.05, 0.1) is 0 Å². The fraction of sp³-hybridized carbons (Fsp3) is 0.588. The maximum atomic E-state index is 11.8. The van der Waals surface area contributed by atoms with Crippen LogP contribution in [0.1, 0.15) is 31.7 Å². The Morgan fingerprint density at radius 1 is 1.33 bits per heavy atom. The van der Waals surface area contributed by atoms with Crippen LogP contribution >= 0.6 is 0 Å². The van der Waals surface area contributed by atoms with Gasteiger partial charge in [-0.2, -0.15) is 0 Å². The predicted octanol–water partition coefficient (Wildman–Crippen LogP) is 3.24. The summed E-state index contributed by atoms with van der Waals surface area (Å²) in [6, 6.07) is 7.72. The van der Waals surface area contributed by atoms with Gasteiger partial charge in [0, 0.05) is 12.2 Å². The Morgan fingerprint density at radius 2 is 2.10 bits per heavy atom. The van der Waals surface area contributed by atoms with E-state index < -0.39 is 0 Å². The number of carbonyl (C=O) groups excluding carboxylic acids is 1. The second-order valence-corrected chi connectivity index (χ2v) is 6.13. The lowest BCUT2D eigenvalue weighted by Gasteiger charge is -2.30. The van der Waals surface area contributed by atoms with Crippen molar-refractivity contribution in [2.24, 2.45) is 5.92 Å². The lowest BCUT2D eigenvalue weighted by Crippen LogP contribution is -2.36. The monoisotopic (exact) mass is 289 g/mol. The Bertz CT molecular complexity index is 453. The van der Waals surface area contributed by atoms with Crippen LogP contribution in [0.5, 0.6) is 0 Å². The van der Waals surface area contributed by atoms with E-state index in [2.05, 4.69) is 22.5 Å². The molecule has 1 heterocycles. The average molecular weight is 289 g/mol. The van der Waals surface area contributed by atoms with E-state index in [0.29, 0.717) is 0 Å². The van der Waals surface area contributed by atoms with Gasteiger partial charge in [-0.3, -0.25) is 0 Å². The molecule has 4 nitrogen and oxygen atoms in total. The third kappa shape index (κ3) is 5.76. The van der Waals surface area contributed by atoms with Crippen molar-refractivity contribution in [3.8, 4) is 0 Å². The summed E-state index contributed by atoms with van der Waals surface area (Å²) in [5.74, 6) is 0.875. The number of carbonyl (C=O) groups is 1. The van der Waals surface area contributed by atoms with E-state index in [9.17, 15) is 4.79 Å². The van der Waals surface area contributed by atoms with Gasteiger partial charge in [-0.15, -0.1) is 0 Å². The van der Waals surface area contributed by atoms with Gasteiger partial charge in [0.15, 0.2) is 0 Å². The smallest absolute Gasteiger partial charge is 0.319 e. The molecular formula is C17H27N3O. The summed E-state index contributed by atoms with van der Waals surface area (Å²) in [5.41, 5.74) is 1.99. The standard InChI is InChI=1S/C17H27N3O/c1-14-7-11-20(12-8-14)10-4-9-18-17(21)19-16-6-3-5-15(2)13-16/h3,5-6,13-14H,4,7-12H2,1-2H3,(H2,18,19,21). The van der Waals surface area contributed by atoms with E-state index in [1.165, 1.54) is 25.9 Å². The number of benzene rings is 1. The molecule has 1 aromatic rings. The normalized spacial score (nSPS) is 16.7. The number of rotatable bonds is 5. The Hall–Kier alpha value is -1.55. The predicted molar refractivity (Wildman–Crippen MR) is 87.7 cm³/mol. The van der Waals surface area contributed by atoms with Gasteiger partial charge in [-0.25, -0.2) is 4.79 Å². The molecule has 0 spiro atoms. The Balaban J connectivity index is 1.59. The number of piperidine rings is 1. The zero-order valence-electron chi connectivity index (χ0n) is 13.2. The topological polar surface area (TPSA) is 44.4 Å². The first-order chi connectivity index (χ1) is 10.1. The Labute approximate surface area is 127 Å². The number of aryl methyl sites for hydroxylation is 1. The molecule has 2 rings (SSSR count). The molecule has 2 amide bonds. The maximum Gasteiger partial charge on any atom is 0.319 e. The Morgan fingerprint density at radius 3 is 2.81 bits per heavy atom. The van der Waals surface area contributed by atoms with Gasteiger partial charge in [-0.05, 0) is 69.4 Å². The van der Waals surface area contributed by atoms with Crippen LogP contribution in [0.15, 0.2) is 24.3 Å². The van der Waals surface area contributed by atoms with Crippen LogP contribution in [-0.4, -0.2) is 37.1 Å². The number of nitrogens with one attached hydrogen (secondary N) is 2. The van der Waals surface area contributed by atoms with Crippen molar-refractivity contribution in [3.63, 3.8) is 0 Å². The van der Waals surface area contributed by atoms with Gasteiger partial charge < -0.3 is 15.5 Å². The molecule has 0 unspecified atom stereocenters. The Kier molecular flexibility index (Phi) is 6.05. The summed E-state index contributed by atoms with van der Waals surface area (Å²) in [7, 11) is 0. The zero-order chi connectivity index (χ0) is 15.1. The number of likely N-dealkylation sites (tertiary alicyclic amines) is 1. The second-order valence-electron chi connectivity index (χ2n) is 6.13. The summed E-state index contributed by atoms with van der Waals surface area (Å²) >= 11 is 0. The van der Waals surface area contributed by atoms with E-state index in [1.807, 2.05) is 31.2 Å². The van der Waals surface area contributed by atoms with Crippen LogP contribution < -0.4 is 10.6 Å². The molecule has 0 radical (unpaired) electrons. The molecule has 21 heavy (non-hydrogen) atoms. The molecule has 2 N–H and O–H groups in total. The summed E-state index contributed by atoms with van der Waals surface area (Å²) in [4.78, 5) is 14.3. The molecule has 0 aliphatic carbocycles. The summed E-state index contributed by atoms with van der Waals surface area (Å²) in [5, 5.41) is 5.79. The fourth-order valence-electron chi connectivity index (χ4n) is 2.69. The van der Waals surface area contributed by atoms with Crippen LogP contribution in [0.25, 0.3) is 0 Å². The molecule has 0 saturated carbocycles. The van der Waals surface area contributed by atoms with Crippen molar-refractivity contribution in [3.05, 3.63) is 29.8 Å². The number of hydrogen-bond acceptors (Lipinski definition) is 2. The van der Waals surface area contributed by atoms with Crippen LogP contribution in [0.3, 0.4) is 0 Å². The van der Waals surface area contributed by atoms with Crippen molar-refractivity contribution in [2.45, 2.75) is 33.1 Å². The number of amides is 2. The van der Waals surface area contributed by atoms with Crippen LogP contribution in [0.4, 0.5) is 10.5 Å². The van der Waals surface area contributed by atoms with Crippen molar-refractivity contribution >= 4 is 11.7 Å². The molecule has 1 fully saturated rings. The highest BCUT2D eigenvalue weighted by atomic mass is 16.2. The highest BCUT2D eigenvalue weighted by Gasteiger charge is 2.14. The molecule has 1 saturated heterocycles. The molecular weight excluding hydrogens is 262 g/mol. The van der Waals surface area contributed by atoms with Gasteiger partial charge in [0.25, 0.3) is 0 Å². The first kappa shape index (κ1) is 15.8. The fourth-order valence-corrected chi connectivity index (χ4v) is 2.69. The molecule has 116 valence electrons. The van der Waals surface area contributed by atoms with Crippen LogP contribution in [-0.2, 0) is 0 Å². The number of anilines is 1. The van der Waals surface area contributed by atoms with Gasteiger partial charge in [0.2, 0.25) is 0 Å². The van der Waals surface area contributed by atoms with Gasteiger partial charge in [0.1, 0.15) is 0 Å². The highest BCUT2D eigenvalue weighted by molar-refractivity contribution is 5.89. The third-order valence-electron chi connectivity index (χ3n) is 4.09. The molecule has 0 bridgehead atoms. The quantitative estimate of drug-likeness (QED) is 0.817. The second kappa shape index (κ2) is 8.03. The third-order valence-corrected chi connectivity index (χ3v) is 4.09. The van der Waals surface area contributed by atoms with E-state index in [1.54, 1.807) is 0 Å². The number of hydrogen-bond donors (Lipinski definition) is 2. The van der Waals surface area contributed by atoms with E-state index >= 15 is 0 Å². The lowest BCUT2D eigenvalue weighted by atomic mass is 9.99. The zero-order valence-corrected chi connectivity index (χ0v) is 13.2. The van der Waals surface area contributed by atoms with Gasteiger partial charge >= 0.3 is 6.03 Å². The largest absolute Gasteiger partial charge is 0.338 e. The highest BCUT2D eigenvalue weighted by Crippen LogP contribution is 2.15. The van der Waals surface area contributed by atoms with E-state index in [-0.39, 0.29) is 6.03 Å². The molecule has 1 aliphatic heterocycles. The van der Waals surface area contributed by atoms with Crippen molar-refractivity contribution in [2.75, 3.05) is 31.5 Å². The average Bonchev–Trinajstić information content (AvgIpc) is 2.45. The first-order valence-corrected chi connectivity index (χ1v) is 7.97. The number of nitrogens with zero attached hydrogens (tertiary/aromatic N) is 1. The molecule has 0 aromatic heterocycles. The maximum absolute atomic E-state index is 11.8. The van der Waals surface area contributed by atoms with Crippen molar-refractivity contribution in [1.82, 2.24) is 10.2 Å². The van der Waals surface area contributed by atoms with E-state index in [0.717, 1.165) is 36.7 Å². The molecule has 0 atom stereocenters. The molecule has 4 heteroatoms. The summed E-state index contributed by atoms with van der Waals surface area (Å²) in [6.45, 7) is 8.56. The minimum Gasteiger partial charge on any atom is -0.338 e. The first-order valence-electron chi connectivity index (χ1n) is 7.97. The minimum atomic E-state index is -0.118. The number of urea groups is 1. The minimum absolute atomic E-state index is 0.118. The van der Waals surface area contributed by atoms with Crippen molar-refractivity contribution < 1.29 is 4.79 Å². The van der Waals surface area contributed by atoms with Crippen molar-refractivity contribution in [1.29, 1.82) is 0 Å². The lowest BCUT2D eigenvalue weighted by molar-refractivity contribution is 0.190. The SMILES string of the molecule is Cc1cccc(NC(=O)NCCCN2CCC(C)CC2)c1. The van der Waals surface area contributed by atoms with E-state index in [4.69, 9.17) is 0 Å². The molecule has 1 aliphatic rings. The van der Waals surface area contributed by atoms with Gasteiger partial charge in [-0.1, -0.05) is 19.1 Å².